The Bertz CT molecular complexity index is 1690. The Kier molecular flexibility index (Phi) is 7.84. The van der Waals surface area contributed by atoms with Gasteiger partial charge in [0, 0.05) is 30.7 Å². The van der Waals surface area contributed by atoms with Gasteiger partial charge in [-0.1, -0.05) is 12.1 Å². The van der Waals surface area contributed by atoms with Crippen LogP contribution in [-0.4, -0.2) is 49.9 Å². The molecule has 0 atom stereocenters. The summed E-state index contributed by atoms with van der Waals surface area (Å²) < 4.78 is 79.8. The van der Waals surface area contributed by atoms with Crippen LogP contribution in [-0.2, 0) is 32.3 Å². The molecule has 1 saturated heterocycles. The van der Waals surface area contributed by atoms with Gasteiger partial charge in [-0.25, -0.2) is 13.4 Å². The molecule has 1 aliphatic heterocycles. The van der Waals surface area contributed by atoms with Crippen LogP contribution in [0.25, 0.3) is 28.2 Å². The molecule has 0 radical (unpaired) electrons. The van der Waals surface area contributed by atoms with Gasteiger partial charge in [-0.05, 0) is 65.2 Å². The number of nitrogens with zero attached hydrogens (tertiary/aromatic N) is 2. The van der Waals surface area contributed by atoms with Crippen molar-refractivity contribution < 1.29 is 35.5 Å². The summed E-state index contributed by atoms with van der Waals surface area (Å²) >= 11 is 0. The maximum Gasteiger partial charge on any atom is 0.420 e. The van der Waals surface area contributed by atoms with Crippen molar-refractivity contribution in [3.8, 4) is 11.1 Å². The van der Waals surface area contributed by atoms with E-state index in [2.05, 4.69) is 10.3 Å². The molecular weight excluding hydrogens is 561 g/mol. The van der Waals surface area contributed by atoms with Crippen LogP contribution in [0.1, 0.15) is 16.9 Å². The highest BCUT2D eigenvalue weighted by Gasteiger charge is 2.35. The second-order valence-electron chi connectivity index (χ2n) is 9.26. The number of hydrogen-bond acceptors (Lipinski definition) is 7. The summed E-state index contributed by atoms with van der Waals surface area (Å²) in [6, 6.07) is 12.9. The molecule has 1 aliphatic rings. The average Bonchev–Trinajstić information content (AvgIpc) is 3.38. The number of sulfonamides is 1. The fourth-order valence-electron chi connectivity index (χ4n) is 4.35. The summed E-state index contributed by atoms with van der Waals surface area (Å²) in [5, 5.41) is 2.77. The number of aromatic nitrogens is 1. The van der Waals surface area contributed by atoms with E-state index in [1.165, 1.54) is 59.1 Å². The van der Waals surface area contributed by atoms with Gasteiger partial charge in [-0.2, -0.15) is 17.5 Å². The molecule has 0 bridgehead atoms. The average molecular weight is 587 g/mol. The zero-order valence-corrected chi connectivity index (χ0v) is 22.3. The molecule has 214 valence electrons. The monoisotopic (exact) mass is 586 g/mol. The number of carbonyl (C=O) groups excluding carboxylic acids is 1. The normalized spacial score (nSPS) is 15.0. The number of halogens is 3. The highest BCUT2D eigenvalue weighted by atomic mass is 32.2. The highest BCUT2D eigenvalue weighted by Crippen LogP contribution is 2.39. The summed E-state index contributed by atoms with van der Waals surface area (Å²) in [4.78, 5) is 16.2. The van der Waals surface area contributed by atoms with E-state index in [1.807, 2.05) is 0 Å². The lowest BCUT2D eigenvalue weighted by Gasteiger charge is -2.26. The molecule has 3 N–H and O–H groups in total. The van der Waals surface area contributed by atoms with Gasteiger partial charge in [0.2, 0.25) is 15.9 Å². The van der Waals surface area contributed by atoms with Gasteiger partial charge in [0.1, 0.15) is 17.2 Å². The maximum absolute atomic E-state index is 14.0. The van der Waals surface area contributed by atoms with E-state index in [-0.39, 0.29) is 46.8 Å². The van der Waals surface area contributed by atoms with Gasteiger partial charge >= 0.3 is 6.18 Å². The standard InChI is InChI=1S/C28H25F3N4O5S/c29-28(30,31)24-15-20(19-3-5-23(6-4-19)41(37,38)35-9-11-39-12-10-35)13-21-14-22(40-27(21)24)17-34-26(36)8-2-18-1-7-25(32)33-16-18/h1-8,13-16H,9-12,17H2,(H2,32,33)(H,34,36)/b8-2+. The van der Waals surface area contributed by atoms with Crippen molar-refractivity contribution in [3.63, 3.8) is 0 Å². The van der Waals surface area contributed by atoms with E-state index in [0.717, 1.165) is 6.07 Å². The summed E-state index contributed by atoms with van der Waals surface area (Å²) in [6.45, 7) is 0.918. The summed E-state index contributed by atoms with van der Waals surface area (Å²) in [6.07, 6.45) is -0.447. The zero-order valence-electron chi connectivity index (χ0n) is 21.5. The van der Waals surface area contributed by atoms with E-state index in [0.29, 0.717) is 30.2 Å². The molecular formula is C28H25F3N4O5S. The van der Waals surface area contributed by atoms with Crippen LogP contribution >= 0.6 is 0 Å². The fourth-order valence-corrected chi connectivity index (χ4v) is 5.75. The lowest BCUT2D eigenvalue weighted by atomic mass is 10.0. The molecule has 41 heavy (non-hydrogen) atoms. The van der Waals surface area contributed by atoms with E-state index in [9.17, 15) is 26.4 Å². The minimum absolute atomic E-state index is 0.0447. The molecule has 0 saturated carbocycles. The third-order valence-corrected chi connectivity index (χ3v) is 8.35. The first-order chi connectivity index (χ1) is 19.5. The van der Waals surface area contributed by atoms with Crippen LogP contribution in [0.3, 0.4) is 0 Å². The Morgan fingerprint density at radius 3 is 2.44 bits per heavy atom. The topological polar surface area (TPSA) is 128 Å². The molecule has 3 heterocycles. The number of fused-ring (bicyclic) bond motifs is 1. The van der Waals surface area contributed by atoms with E-state index >= 15 is 0 Å². The van der Waals surface area contributed by atoms with E-state index in [1.54, 1.807) is 12.1 Å². The number of nitrogen functional groups attached to an aromatic ring is 1. The van der Waals surface area contributed by atoms with Crippen molar-refractivity contribution in [3.05, 3.63) is 83.8 Å². The number of nitrogens with one attached hydrogen (secondary N) is 1. The minimum atomic E-state index is -4.72. The maximum atomic E-state index is 14.0. The number of anilines is 1. The second kappa shape index (κ2) is 11.4. The number of rotatable bonds is 7. The predicted octanol–water partition coefficient (Wildman–Crippen LogP) is 4.45. The molecule has 2 aromatic heterocycles. The quantitative estimate of drug-likeness (QED) is 0.307. The minimum Gasteiger partial charge on any atom is -0.459 e. The Hall–Kier alpha value is -4.20. The first kappa shape index (κ1) is 28.3. The molecule has 1 amide bonds. The number of alkyl halides is 3. The van der Waals surface area contributed by atoms with Crippen molar-refractivity contribution in [2.45, 2.75) is 17.6 Å². The number of amides is 1. The first-order valence-electron chi connectivity index (χ1n) is 12.5. The molecule has 0 unspecified atom stereocenters. The predicted molar refractivity (Wildman–Crippen MR) is 146 cm³/mol. The summed E-state index contributed by atoms with van der Waals surface area (Å²) in [7, 11) is -3.75. The zero-order chi connectivity index (χ0) is 29.2. The molecule has 9 nitrogen and oxygen atoms in total. The first-order valence-corrected chi connectivity index (χ1v) is 13.9. The van der Waals surface area contributed by atoms with Crippen molar-refractivity contribution in [1.82, 2.24) is 14.6 Å². The van der Waals surface area contributed by atoms with Gasteiger partial charge in [-0.3, -0.25) is 4.79 Å². The van der Waals surface area contributed by atoms with Crippen molar-refractivity contribution in [1.29, 1.82) is 0 Å². The number of pyridine rings is 1. The van der Waals surface area contributed by atoms with Crippen LogP contribution in [0, 0.1) is 0 Å². The SMILES string of the molecule is Nc1ccc(/C=C/C(=O)NCc2cc3cc(-c4ccc(S(=O)(=O)N5CCOCC5)cc4)cc(C(F)(F)F)c3o2)cn1. The molecule has 0 aliphatic carbocycles. The molecule has 13 heteroatoms. The van der Waals surface area contributed by atoms with Crippen molar-refractivity contribution >= 4 is 38.8 Å². The second-order valence-corrected chi connectivity index (χ2v) is 11.2. The van der Waals surface area contributed by atoms with Crippen molar-refractivity contribution in [2.75, 3.05) is 32.0 Å². The Morgan fingerprint density at radius 2 is 1.78 bits per heavy atom. The largest absolute Gasteiger partial charge is 0.459 e. The Balaban J connectivity index is 1.37. The van der Waals surface area contributed by atoms with Gasteiger partial charge < -0.3 is 20.2 Å². The molecule has 5 rings (SSSR count). The van der Waals surface area contributed by atoms with Crippen LogP contribution in [0.2, 0.25) is 0 Å². The van der Waals surface area contributed by atoms with Crippen LogP contribution < -0.4 is 11.1 Å². The molecule has 4 aromatic rings. The highest BCUT2D eigenvalue weighted by molar-refractivity contribution is 7.89. The number of benzene rings is 2. The van der Waals surface area contributed by atoms with Crippen LogP contribution in [0.4, 0.5) is 19.0 Å². The number of hydrogen-bond donors (Lipinski definition) is 2. The van der Waals surface area contributed by atoms with E-state index in [4.69, 9.17) is 14.9 Å². The fraction of sp³-hybridized carbons (Fsp3) is 0.214. The number of ether oxygens (including phenoxy) is 1. The van der Waals surface area contributed by atoms with Crippen LogP contribution in [0.5, 0.6) is 0 Å². The van der Waals surface area contributed by atoms with Gasteiger partial charge in [0.05, 0.1) is 30.2 Å². The molecule has 1 fully saturated rings. The lowest BCUT2D eigenvalue weighted by Crippen LogP contribution is -2.40. The van der Waals surface area contributed by atoms with Crippen LogP contribution in [0.15, 0.2) is 76.2 Å². The molecule has 0 spiro atoms. The molecule has 2 aromatic carbocycles. The third-order valence-electron chi connectivity index (χ3n) is 6.44. The van der Waals surface area contributed by atoms with Gasteiger partial charge in [0.25, 0.3) is 0 Å². The number of morpholine rings is 1. The third kappa shape index (κ3) is 6.42. The van der Waals surface area contributed by atoms with Crippen molar-refractivity contribution in [2.24, 2.45) is 0 Å². The van der Waals surface area contributed by atoms with Gasteiger partial charge in [0.15, 0.2) is 0 Å². The van der Waals surface area contributed by atoms with E-state index < -0.39 is 27.7 Å². The number of nitrogens with two attached hydrogens (primary N) is 1. The Morgan fingerprint density at radius 1 is 1.05 bits per heavy atom. The Labute approximate surface area is 233 Å². The lowest BCUT2D eigenvalue weighted by molar-refractivity contribution is -0.136. The number of carbonyl (C=O) groups is 1. The smallest absolute Gasteiger partial charge is 0.420 e. The number of furan rings is 1. The summed E-state index contributed by atoms with van der Waals surface area (Å²) in [5.74, 6) is -0.0109. The summed E-state index contributed by atoms with van der Waals surface area (Å²) in [5.41, 5.74) is 5.47. The van der Waals surface area contributed by atoms with Gasteiger partial charge in [-0.15, -0.1) is 0 Å².